The van der Waals surface area contributed by atoms with Crippen molar-refractivity contribution in [3.63, 3.8) is 0 Å². The van der Waals surface area contributed by atoms with Crippen LogP contribution in [0.25, 0.3) is 10.8 Å². The van der Waals surface area contributed by atoms with Gasteiger partial charge < -0.3 is 5.73 Å². The molecule has 2 aromatic carbocycles. The first-order valence-corrected chi connectivity index (χ1v) is 5.03. The standard InChI is InChI=1S/C11H11N.C2H6/c1-8-6-7-11(12)10-5-3-2-4-9(8)10;1-2/h2-7H,12H2,1H3;1-2H3. The van der Waals surface area contributed by atoms with Crippen molar-refractivity contribution < 1.29 is 0 Å². The third-order valence-electron chi connectivity index (χ3n) is 2.18. The van der Waals surface area contributed by atoms with Gasteiger partial charge in [-0.15, -0.1) is 0 Å². The Kier molecular flexibility index (Phi) is 3.52. The van der Waals surface area contributed by atoms with Gasteiger partial charge in [0, 0.05) is 11.1 Å². The van der Waals surface area contributed by atoms with Crippen LogP contribution in [0.2, 0.25) is 0 Å². The molecule has 0 unspecified atom stereocenters. The van der Waals surface area contributed by atoms with Crippen LogP contribution in [0.15, 0.2) is 36.4 Å². The normalized spacial score (nSPS) is 9.36. The van der Waals surface area contributed by atoms with Crippen LogP contribution in [0.1, 0.15) is 19.4 Å². The summed E-state index contributed by atoms with van der Waals surface area (Å²) in [6, 6.07) is 12.2. The van der Waals surface area contributed by atoms with Crippen LogP contribution in [-0.2, 0) is 0 Å². The van der Waals surface area contributed by atoms with Crippen molar-refractivity contribution in [3.05, 3.63) is 42.0 Å². The van der Waals surface area contributed by atoms with Gasteiger partial charge in [0.05, 0.1) is 0 Å². The van der Waals surface area contributed by atoms with E-state index in [9.17, 15) is 0 Å². The topological polar surface area (TPSA) is 26.0 Å². The molecule has 2 aromatic rings. The second-order valence-corrected chi connectivity index (χ2v) is 3.02. The van der Waals surface area contributed by atoms with Crippen LogP contribution >= 0.6 is 0 Å². The van der Waals surface area contributed by atoms with Crippen LogP contribution in [0.4, 0.5) is 5.69 Å². The molecule has 14 heavy (non-hydrogen) atoms. The van der Waals surface area contributed by atoms with Gasteiger partial charge in [0.1, 0.15) is 0 Å². The summed E-state index contributed by atoms with van der Waals surface area (Å²) < 4.78 is 0. The highest BCUT2D eigenvalue weighted by Crippen LogP contribution is 2.23. The Bertz CT molecular complexity index is 378. The zero-order valence-electron chi connectivity index (χ0n) is 9.04. The van der Waals surface area contributed by atoms with E-state index in [4.69, 9.17) is 5.73 Å². The number of aryl methyl sites for hydroxylation is 1. The lowest BCUT2D eigenvalue weighted by molar-refractivity contribution is 1.50. The third-order valence-corrected chi connectivity index (χ3v) is 2.18. The number of hydrogen-bond acceptors (Lipinski definition) is 1. The molecule has 0 bridgehead atoms. The highest BCUT2D eigenvalue weighted by Gasteiger charge is 1.97. The van der Waals surface area contributed by atoms with Crippen LogP contribution in [-0.4, -0.2) is 0 Å². The van der Waals surface area contributed by atoms with Gasteiger partial charge in [-0.2, -0.15) is 0 Å². The van der Waals surface area contributed by atoms with Crippen molar-refractivity contribution in [2.45, 2.75) is 20.8 Å². The molecule has 1 nitrogen and oxygen atoms in total. The van der Waals surface area contributed by atoms with E-state index < -0.39 is 0 Å². The van der Waals surface area contributed by atoms with Gasteiger partial charge in [0.15, 0.2) is 0 Å². The minimum absolute atomic E-state index is 0.858. The fourth-order valence-corrected chi connectivity index (χ4v) is 1.47. The zero-order chi connectivity index (χ0) is 10.6. The average Bonchev–Trinajstić information content (AvgIpc) is 2.27. The molecule has 0 aromatic heterocycles. The fourth-order valence-electron chi connectivity index (χ4n) is 1.47. The van der Waals surface area contributed by atoms with Crippen molar-refractivity contribution in [1.82, 2.24) is 0 Å². The predicted molar refractivity (Wildman–Crippen MR) is 64.4 cm³/mol. The number of benzene rings is 2. The lowest BCUT2D eigenvalue weighted by Gasteiger charge is -2.03. The summed E-state index contributed by atoms with van der Waals surface area (Å²) >= 11 is 0. The van der Waals surface area contributed by atoms with E-state index >= 15 is 0 Å². The number of nitrogen functional groups attached to an aromatic ring is 1. The van der Waals surface area contributed by atoms with Gasteiger partial charge in [-0.3, -0.25) is 0 Å². The zero-order valence-corrected chi connectivity index (χ0v) is 9.04. The summed E-state index contributed by atoms with van der Waals surface area (Å²) in [5, 5.41) is 2.40. The van der Waals surface area contributed by atoms with Gasteiger partial charge >= 0.3 is 0 Å². The molecule has 0 aliphatic heterocycles. The number of hydrogen-bond donors (Lipinski definition) is 1. The molecule has 0 fully saturated rings. The van der Waals surface area contributed by atoms with E-state index in [0.29, 0.717) is 0 Å². The van der Waals surface area contributed by atoms with Crippen LogP contribution in [0, 0.1) is 6.92 Å². The molecule has 1 heteroatoms. The van der Waals surface area contributed by atoms with Crippen LogP contribution in [0.3, 0.4) is 0 Å². The minimum atomic E-state index is 0.858. The monoisotopic (exact) mass is 187 g/mol. The van der Waals surface area contributed by atoms with E-state index in [1.54, 1.807) is 0 Å². The van der Waals surface area contributed by atoms with E-state index in [1.165, 1.54) is 10.9 Å². The van der Waals surface area contributed by atoms with Crippen molar-refractivity contribution in [3.8, 4) is 0 Å². The number of rotatable bonds is 0. The maximum atomic E-state index is 5.83. The Labute approximate surface area is 85.6 Å². The number of anilines is 1. The largest absolute Gasteiger partial charge is 0.398 e. The molecule has 2 N–H and O–H groups in total. The molecular weight excluding hydrogens is 170 g/mol. The average molecular weight is 187 g/mol. The van der Waals surface area contributed by atoms with Crippen LogP contribution < -0.4 is 5.73 Å². The van der Waals surface area contributed by atoms with E-state index in [2.05, 4.69) is 25.1 Å². The van der Waals surface area contributed by atoms with Crippen molar-refractivity contribution in [2.24, 2.45) is 0 Å². The van der Waals surface area contributed by atoms with Gasteiger partial charge in [-0.1, -0.05) is 44.2 Å². The molecular formula is C13H17N. The maximum Gasteiger partial charge on any atom is 0.0393 e. The Morgan fingerprint density at radius 2 is 1.43 bits per heavy atom. The van der Waals surface area contributed by atoms with Gasteiger partial charge in [-0.05, 0) is 23.9 Å². The van der Waals surface area contributed by atoms with Gasteiger partial charge in [0.25, 0.3) is 0 Å². The SMILES string of the molecule is CC.Cc1ccc(N)c2ccccc12. The quantitative estimate of drug-likeness (QED) is 0.624. The third kappa shape index (κ3) is 1.87. The second-order valence-electron chi connectivity index (χ2n) is 3.02. The molecule has 0 atom stereocenters. The number of nitrogens with two attached hydrogens (primary N) is 1. The van der Waals surface area contributed by atoms with E-state index in [1.807, 2.05) is 32.0 Å². The van der Waals surface area contributed by atoms with Crippen molar-refractivity contribution >= 4 is 16.5 Å². The lowest BCUT2D eigenvalue weighted by atomic mass is 10.0. The van der Waals surface area contributed by atoms with Gasteiger partial charge in [-0.25, -0.2) is 0 Å². The first kappa shape index (κ1) is 10.6. The highest BCUT2D eigenvalue weighted by molar-refractivity contribution is 5.94. The molecule has 2 rings (SSSR count). The summed E-state index contributed by atoms with van der Waals surface area (Å²) in [5.74, 6) is 0. The Morgan fingerprint density at radius 3 is 2.00 bits per heavy atom. The summed E-state index contributed by atoms with van der Waals surface area (Å²) in [6.45, 7) is 6.10. The summed E-state index contributed by atoms with van der Waals surface area (Å²) in [6.07, 6.45) is 0. The first-order chi connectivity index (χ1) is 6.79. The summed E-state index contributed by atoms with van der Waals surface area (Å²) in [4.78, 5) is 0. The Balaban J connectivity index is 0.000000461. The molecule has 0 amide bonds. The second kappa shape index (κ2) is 4.66. The summed E-state index contributed by atoms with van der Waals surface area (Å²) in [5.41, 5.74) is 7.96. The maximum absolute atomic E-state index is 5.83. The smallest absolute Gasteiger partial charge is 0.0393 e. The van der Waals surface area contributed by atoms with E-state index in [-0.39, 0.29) is 0 Å². The fraction of sp³-hybridized carbons (Fsp3) is 0.231. The highest BCUT2D eigenvalue weighted by atomic mass is 14.5. The molecule has 0 aliphatic carbocycles. The summed E-state index contributed by atoms with van der Waals surface area (Å²) in [7, 11) is 0. The molecule has 0 spiro atoms. The van der Waals surface area contributed by atoms with E-state index in [0.717, 1.165) is 11.1 Å². The Hall–Kier alpha value is -1.50. The van der Waals surface area contributed by atoms with Crippen molar-refractivity contribution in [2.75, 3.05) is 5.73 Å². The Morgan fingerprint density at radius 1 is 0.857 bits per heavy atom. The van der Waals surface area contributed by atoms with Gasteiger partial charge in [0.2, 0.25) is 0 Å². The molecule has 0 radical (unpaired) electrons. The molecule has 0 heterocycles. The minimum Gasteiger partial charge on any atom is -0.398 e. The first-order valence-electron chi connectivity index (χ1n) is 5.03. The molecule has 74 valence electrons. The predicted octanol–water partition coefficient (Wildman–Crippen LogP) is 3.76. The molecule has 0 aliphatic rings. The lowest BCUT2D eigenvalue weighted by Crippen LogP contribution is -1.87. The molecule has 0 saturated heterocycles. The van der Waals surface area contributed by atoms with Crippen LogP contribution in [0.5, 0.6) is 0 Å². The van der Waals surface area contributed by atoms with Crippen molar-refractivity contribution in [1.29, 1.82) is 0 Å². The number of fused-ring (bicyclic) bond motifs is 1. The molecule has 0 saturated carbocycles.